The first-order valence-corrected chi connectivity index (χ1v) is 11.7. The number of hydrogen-bond acceptors (Lipinski definition) is 5. The molecule has 0 spiro atoms. The number of halogens is 1. The molecule has 2 aromatic heterocycles. The maximum Gasteiger partial charge on any atom is 0.407 e. The van der Waals surface area contributed by atoms with Gasteiger partial charge in [0.2, 0.25) is 5.91 Å². The molecule has 2 amide bonds. The Morgan fingerprint density at radius 2 is 2.03 bits per heavy atom. The number of alkyl carbamates (subject to hydrolysis) is 1. The smallest absolute Gasteiger partial charge is 0.407 e. The third-order valence-electron chi connectivity index (χ3n) is 5.54. The van der Waals surface area contributed by atoms with Crippen LogP contribution in [0.1, 0.15) is 52.9 Å². The highest BCUT2D eigenvalue weighted by atomic mass is 79.9. The second-order valence-corrected chi connectivity index (χ2v) is 10.3. The molecule has 2 aromatic rings. The first kappa shape index (κ1) is 21.9. The van der Waals surface area contributed by atoms with Crippen molar-refractivity contribution in [2.24, 2.45) is 5.92 Å². The number of H-pyrrole nitrogens is 1. The van der Waals surface area contributed by atoms with Crippen molar-refractivity contribution in [1.29, 1.82) is 0 Å². The molecule has 9 heteroatoms. The summed E-state index contributed by atoms with van der Waals surface area (Å²) in [5, 5.41) is 7.00. The number of aromatic amines is 1. The lowest BCUT2D eigenvalue weighted by Crippen LogP contribution is -2.44. The normalized spacial score (nSPS) is 19.7. The van der Waals surface area contributed by atoms with Crippen LogP contribution in [-0.4, -0.2) is 46.7 Å². The minimum absolute atomic E-state index is 0.0316. The molecule has 0 radical (unpaired) electrons. The molecule has 0 unspecified atom stereocenters. The topological polar surface area (TPSA) is 99.3 Å². The average molecular weight is 492 g/mol. The molecule has 1 aliphatic heterocycles. The third kappa shape index (κ3) is 5.31. The van der Waals surface area contributed by atoms with Gasteiger partial charge in [0, 0.05) is 37.4 Å². The van der Waals surface area contributed by atoms with Gasteiger partial charge in [-0.05, 0) is 68.8 Å². The summed E-state index contributed by atoms with van der Waals surface area (Å²) < 4.78 is 6.32. The van der Waals surface area contributed by atoms with E-state index in [4.69, 9.17) is 4.74 Å². The molecule has 2 aliphatic rings. The summed E-state index contributed by atoms with van der Waals surface area (Å²) in [5.41, 5.74) is 1.92. The van der Waals surface area contributed by atoms with E-state index in [0.29, 0.717) is 6.54 Å². The van der Waals surface area contributed by atoms with Crippen LogP contribution in [0, 0.1) is 5.92 Å². The van der Waals surface area contributed by atoms with E-state index in [1.807, 2.05) is 27.0 Å². The zero-order valence-electron chi connectivity index (χ0n) is 18.3. The minimum atomic E-state index is -0.533. The minimum Gasteiger partial charge on any atom is -0.444 e. The SMILES string of the molecule is CC(C)(C)OC(=O)N[C@H]1CCCCN(c2c(Br)cnc3[nH]cc(NC(=O)C4CC4)c23)C1. The summed E-state index contributed by atoms with van der Waals surface area (Å²) >= 11 is 3.67. The third-order valence-corrected chi connectivity index (χ3v) is 6.12. The molecule has 4 rings (SSSR count). The van der Waals surface area contributed by atoms with Crippen LogP contribution >= 0.6 is 15.9 Å². The molecular formula is C22H30BrN5O3. The van der Waals surface area contributed by atoms with E-state index in [1.54, 1.807) is 6.20 Å². The number of fused-ring (bicyclic) bond motifs is 1. The largest absolute Gasteiger partial charge is 0.444 e. The number of pyridine rings is 1. The van der Waals surface area contributed by atoms with Gasteiger partial charge in [-0.25, -0.2) is 9.78 Å². The second-order valence-electron chi connectivity index (χ2n) is 9.43. The van der Waals surface area contributed by atoms with Crippen LogP contribution in [0.15, 0.2) is 16.9 Å². The van der Waals surface area contributed by atoms with Gasteiger partial charge in [-0.3, -0.25) is 4.79 Å². The van der Waals surface area contributed by atoms with Crippen LogP contribution in [0.4, 0.5) is 16.2 Å². The van der Waals surface area contributed by atoms with Gasteiger partial charge in [-0.15, -0.1) is 0 Å². The Morgan fingerprint density at radius 1 is 1.26 bits per heavy atom. The van der Waals surface area contributed by atoms with Gasteiger partial charge < -0.3 is 25.3 Å². The quantitative estimate of drug-likeness (QED) is 0.582. The number of hydrogen-bond donors (Lipinski definition) is 3. The maximum atomic E-state index is 12.4. The maximum absolute atomic E-state index is 12.4. The van der Waals surface area contributed by atoms with E-state index in [9.17, 15) is 9.59 Å². The predicted molar refractivity (Wildman–Crippen MR) is 124 cm³/mol. The van der Waals surface area contributed by atoms with Gasteiger partial charge in [-0.1, -0.05) is 0 Å². The van der Waals surface area contributed by atoms with Crippen molar-refractivity contribution in [3.63, 3.8) is 0 Å². The summed E-state index contributed by atoms with van der Waals surface area (Å²) in [6.07, 6.45) is 8.01. The molecule has 0 aromatic carbocycles. The van der Waals surface area contributed by atoms with E-state index >= 15 is 0 Å². The van der Waals surface area contributed by atoms with Gasteiger partial charge in [0.15, 0.2) is 0 Å². The monoisotopic (exact) mass is 491 g/mol. The highest BCUT2D eigenvalue weighted by Gasteiger charge is 2.31. The number of ether oxygens (including phenoxy) is 1. The molecular weight excluding hydrogens is 462 g/mol. The number of carbonyl (C=O) groups excluding carboxylic acids is 2. The van der Waals surface area contributed by atoms with Gasteiger partial charge in [0.1, 0.15) is 11.2 Å². The molecule has 168 valence electrons. The summed E-state index contributed by atoms with van der Waals surface area (Å²) in [4.78, 5) is 34.7. The molecule has 3 N–H and O–H groups in total. The zero-order chi connectivity index (χ0) is 22.2. The number of carbonyl (C=O) groups is 2. The highest BCUT2D eigenvalue weighted by molar-refractivity contribution is 9.10. The van der Waals surface area contributed by atoms with Crippen LogP contribution in [0.3, 0.4) is 0 Å². The van der Waals surface area contributed by atoms with Crippen LogP contribution in [0.25, 0.3) is 11.0 Å². The Labute approximate surface area is 190 Å². The van der Waals surface area contributed by atoms with Crippen molar-refractivity contribution < 1.29 is 14.3 Å². The lowest BCUT2D eigenvalue weighted by molar-refractivity contribution is -0.117. The summed E-state index contributed by atoms with van der Waals surface area (Å²) in [5.74, 6) is 0.182. The van der Waals surface area contributed by atoms with Crippen molar-refractivity contribution in [3.8, 4) is 0 Å². The number of nitrogens with zero attached hydrogens (tertiary/aromatic N) is 2. The lowest BCUT2D eigenvalue weighted by atomic mass is 10.1. The average Bonchev–Trinajstić information content (AvgIpc) is 3.47. The van der Waals surface area contributed by atoms with Crippen molar-refractivity contribution in [1.82, 2.24) is 15.3 Å². The first-order valence-electron chi connectivity index (χ1n) is 10.9. The molecule has 2 fully saturated rings. The van der Waals surface area contributed by atoms with Crippen LogP contribution in [-0.2, 0) is 9.53 Å². The molecule has 1 atom stereocenters. The molecule has 31 heavy (non-hydrogen) atoms. The zero-order valence-corrected chi connectivity index (χ0v) is 19.8. The summed E-state index contributed by atoms with van der Waals surface area (Å²) in [6, 6.07) is -0.0316. The van der Waals surface area contributed by atoms with E-state index in [2.05, 4.69) is 41.4 Å². The van der Waals surface area contributed by atoms with E-state index in [0.717, 1.165) is 65.5 Å². The molecule has 1 saturated carbocycles. The van der Waals surface area contributed by atoms with Crippen molar-refractivity contribution >= 4 is 50.3 Å². The van der Waals surface area contributed by atoms with E-state index in [-0.39, 0.29) is 17.9 Å². The predicted octanol–water partition coefficient (Wildman–Crippen LogP) is 4.56. The van der Waals surface area contributed by atoms with Gasteiger partial charge >= 0.3 is 6.09 Å². The Kier molecular flexibility index (Phi) is 6.14. The first-order chi connectivity index (χ1) is 14.7. The lowest BCUT2D eigenvalue weighted by Gasteiger charge is -2.29. The fourth-order valence-electron chi connectivity index (χ4n) is 3.98. The Morgan fingerprint density at radius 3 is 2.74 bits per heavy atom. The van der Waals surface area contributed by atoms with Crippen molar-refractivity contribution in [3.05, 3.63) is 16.9 Å². The summed E-state index contributed by atoms with van der Waals surface area (Å²) in [6.45, 7) is 7.09. The summed E-state index contributed by atoms with van der Waals surface area (Å²) in [7, 11) is 0. The molecule has 1 aliphatic carbocycles. The number of anilines is 2. The Hall–Kier alpha value is -2.29. The second kappa shape index (κ2) is 8.68. The van der Waals surface area contributed by atoms with Gasteiger partial charge in [-0.2, -0.15) is 0 Å². The number of amides is 2. The highest BCUT2D eigenvalue weighted by Crippen LogP contribution is 2.39. The fraction of sp³-hybridized carbons (Fsp3) is 0.591. The number of rotatable bonds is 4. The molecule has 8 nitrogen and oxygen atoms in total. The van der Waals surface area contributed by atoms with Gasteiger partial charge in [0.25, 0.3) is 0 Å². The van der Waals surface area contributed by atoms with Crippen molar-refractivity contribution in [2.45, 2.75) is 64.5 Å². The molecule has 1 saturated heterocycles. The van der Waals surface area contributed by atoms with E-state index in [1.165, 1.54) is 0 Å². The number of nitrogens with one attached hydrogen (secondary N) is 3. The van der Waals surface area contributed by atoms with Crippen LogP contribution in [0.2, 0.25) is 0 Å². The molecule has 3 heterocycles. The van der Waals surface area contributed by atoms with Crippen LogP contribution in [0.5, 0.6) is 0 Å². The fourth-order valence-corrected chi connectivity index (χ4v) is 4.53. The van der Waals surface area contributed by atoms with Gasteiger partial charge in [0.05, 0.1) is 21.2 Å². The van der Waals surface area contributed by atoms with Crippen molar-refractivity contribution in [2.75, 3.05) is 23.3 Å². The molecule has 0 bridgehead atoms. The Balaban J connectivity index is 1.60. The van der Waals surface area contributed by atoms with E-state index < -0.39 is 11.7 Å². The Bertz CT molecular complexity index is 979. The van der Waals surface area contributed by atoms with Crippen LogP contribution < -0.4 is 15.5 Å². The number of aromatic nitrogens is 2. The standard InChI is InChI=1S/C22H30BrN5O3/c1-22(2,3)31-21(30)26-14-6-4-5-9-28(12-14)18-15(23)10-24-19-17(18)16(11-25-19)27-20(29)13-7-8-13/h10-11,13-14H,4-9,12H2,1-3H3,(H,24,25)(H,26,30)(H,27,29)/t14-/m0/s1.